The number of hydrogen-bond donors (Lipinski definition) is 1. The van der Waals surface area contributed by atoms with Gasteiger partial charge in [-0.25, -0.2) is 4.79 Å². The zero-order valence-electron chi connectivity index (χ0n) is 18.0. The van der Waals surface area contributed by atoms with Gasteiger partial charge in [-0.3, -0.25) is 4.79 Å². The van der Waals surface area contributed by atoms with Gasteiger partial charge in [0, 0.05) is 18.7 Å². The third-order valence-electron chi connectivity index (χ3n) is 5.52. The summed E-state index contributed by atoms with van der Waals surface area (Å²) >= 11 is 0. The maximum Gasteiger partial charge on any atom is 0.340 e. The average molecular weight is 431 g/mol. The monoisotopic (exact) mass is 430 g/mol. The van der Waals surface area contributed by atoms with E-state index < -0.39 is 5.97 Å². The number of nitrogens with one attached hydrogen (secondary N) is 1. The number of rotatable bonds is 6. The van der Waals surface area contributed by atoms with Crippen molar-refractivity contribution in [3.63, 3.8) is 0 Å². The first-order valence-electron chi connectivity index (χ1n) is 10.9. The van der Waals surface area contributed by atoms with E-state index in [1.54, 1.807) is 31.2 Å². The highest BCUT2D eigenvalue weighted by Gasteiger charge is 2.27. The SMILES string of the molecule is CCOC(=O)c1ccccc1NC(=O)C1CCCN(c2ccc(-c3ccccc3)nn2)C1. The van der Waals surface area contributed by atoms with Crippen LogP contribution in [-0.2, 0) is 9.53 Å². The number of amides is 1. The van der Waals surface area contributed by atoms with Crippen molar-refractivity contribution in [2.45, 2.75) is 19.8 Å². The molecule has 2 heterocycles. The summed E-state index contributed by atoms with van der Waals surface area (Å²) in [6, 6.07) is 20.7. The first-order valence-corrected chi connectivity index (χ1v) is 10.9. The Morgan fingerprint density at radius 1 is 1.03 bits per heavy atom. The number of aromatic nitrogens is 2. The largest absolute Gasteiger partial charge is 0.462 e. The minimum absolute atomic E-state index is 0.111. The third kappa shape index (κ3) is 4.94. The van der Waals surface area contributed by atoms with E-state index in [0.717, 1.165) is 36.5 Å². The third-order valence-corrected chi connectivity index (χ3v) is 5.52. The number of para-hydroxylation sites is 1. The Bertz CT molecular complexity index is 1070. The van der Waals surface area contributed by atoms with Crippen molar-refractivity contribution in [3.8, 4) is 11.3 Å². The molecule has 1 atom stereocenters. The Kier molecular flexibility index (Phi) is 6.75. The van der Waals surface area contributed by atoms with Crippen LogP contribution >= 0.6 is 0 Å². The van der Waals surface area contributed by atoms with E-state index in [-0.39, 0.29) is 18.4 Å². The molecule has 1 aliphatic heterocycles. The van der Waals surface area contributed by atoms with Crippen molar-refractivity contribution in [3.05, 3.63) is 72.3 Å². The van der Waals surface area contributed by atoms with Gasteiger partial charge in [-0.05, 0) is 44.0 Å². The lowest BCUT2D eigenvalue weighted by Gasteiger charge is -2.32. The number of esters is 1. The van der Waals surface area contributed by atoms with Crippen LogP contribution in [0.3, 0.4) is 0 Å². The fraction of sp³-hybridized carbons (Fsp3) is 0.280. The van der Waals surface area contributed by atoms with Crippen LogP contribution in [0.4, 0.5) is 11.5 Å². The van der Waals surface area contributed by atoms with Crippen LogP contribution in [0, 0.1) is 5.92 Å². The minimum Gasteiger partial charge on any atom is -0.462 e. The van der Waals surface area contributed by atoms with Crippen LogP contribution in [0.15, 0.2) is 66.7 Å². The number of carbonyl (C=O) groups is 2. The number of carbonyl (C=O) groups excluding carboxylic acids is 2. The lowest BCUT2D eigenvalue weighted by atomic mass is 9.96. The Hall–Kier alpha value is -3.74. The molecule has 7 nitrogen and oxygen atoms in total. The molecule has 1 amide bonds. The van der Waals surface area contributed by atoms with Crippen LogP contribution in [-0.4, -0.2) is 41.8 Å². The van der Waals surface area contributed by atoms with E-state index in [1.807, 2.05) is 42.5 Å². The summed E-state index contributed by atoms with van der Waals surface area (Å²) in [6.07, 6.45) is 1.65. The van der Waals surface area contributed by atoms with Gasteiger partial charge in [-0.1, -0.05) is 42.5 Å². The van der Waals surface area contributed by atoms with E-state index in [4.69, 9.17) is 4.74 Å². The van der Waals surface area contributed by atoms with Gasteiger partial charge in [0.15, 0.2) is 5.82 Å². The second kappa shape index (κ2) is 10.0. The molecule has 32 heavy (non-hydrogen) atoms. The molecule has 1 saturated heterocycles. The molecule has 0 radical (unpaired) electrons. The molecule has 164 valence electrons. The molecule has 7 heteroatoms. The van der Waals surface area contributed by atoms with E-state index in [0.29, 0.717) is 17.8 Å². The van der Waals surface area contributed by atoms with E-state index in [1.165, 1.54) is 0 Å². The highest BCUT2D eigenvalue weighted by molar-refractivity contribution is 6.02. The standard InChI is InChI=1S/C25H26N4O3/c1-2-32-25(31)20-12-6-7-13-22(20)26-24(30)19-11-8-16-29(17-19)23-15-14-21(27-28-23)18-9-4-3-5-10-18/h3-7,9-10,12-15,19H,2,8,11,16-17H2,1H3,(H,26,30). The van der Waals surface area contributed by atoms with Crippen LogP contribution in [0.25, 0.3) is 11.3 Å². The van der Waals surface area contributed by atoms with E-state index >= 15 is 0 Å². The molecule has 1 unspecified atom stereocenters. The number of ether oxygens (including phenoxy) is 1. The zero-order chi connectivity index (χ0) is 22.3. The summed E-state index contributed by atoms with van der Waals surface area (Å²) in [5, 5.41) is 11.7. The van der Waals surface area contributed by atoms with Gasteiger partial charge in [-0.2, -0.15) is 0 Å². The quantitative estimate of drug-likeness (QED) is 0.591. The first kappa shape index (κ1) is 21.5. The second-order valence-corrected chi connectivity index (χ2v) is 7.68. The van der Waals surface area contributed by atoms with Gasteiger partial charge in [-0.15, -0.1) is 10.2 Å². The molecule has 3 aromatic rings. The molecule has 1 N–H and O–H groups in total. The molecule has 0 aliphatic carbocycles. The highest BCUT2D eigenvalue weighted by atomic mass is 16.5. The maximum atomic E-state index is 13.0. The molecule has 0 saturated carbocycles. The fourth-order valence-electron chi connectivity index (χ4n) is 3.87. The summed E-state index contributed by atoms with van der Waals surface area (Å²) in [5.41, 5.74) is 2.66. The molecule has 1 aliphatic rings. The molecule has 1 fully saturated rings. The lowest BCUT2D eigenvalue weighted by Crippen LogP contribution is -2.41. The first-order chi connectivity index (χ1) is 15.7. The summed E-state index contributed by atoms with van der Waals surface area (Å²) < 4.78 is 5.10. The predicted molar refractivity (Wildman–Crippen MR) is 123 cm³/mol. The Balaban J connectivity index is 1.43. The Morgan fingerprint density at radius 2 is 1.81 bits per heavy atom. The van der Waals surface area contributed by atoms with Crippen molar-refractivity contribution in [1.29, 1.82) is 0 Å². The number of hydrogen-bond acceptors (Lipinski definition) is 6. The smallest absolute Gasteiger partial charge is 0.340 e. The Morgan fingerprint density at radius 3 is 2.56 bits per heavy atom. The van der Waals surface area contributed by atoms with E-state index in [9.17, 15) is 9.59 Å². The summed E-state index contributed by atoms with van der Waals surface area (Å²) in [5.74, 6) is -0.00790. The molecule has 0 bridgehead atoms. The number of piperidine rings is 1. The molecular formula is C25H26N4O3. The van der Waals surface area contributed by atoms with Crippen LogP contribution in [0.5, 0.6) is 0 Å². The van der Waals surface area contributed by atoms with Gasteiger partial charge in [0.05, 0.1) is 29.5 Å². The molecule has 1 aromatic heterocycles. The average Bonchev–Trinajstić information content (AvgIpc) is 2.85. The van der Waals surface area contributed by atoms with Crippen LogP contribution in [0.1, 0.15) is 30.1 Å². The highest BCUT2D eigenvalue weighted by Crippen LogP contribution is 2.25. The zero-order valence-corrected chi connectivity index (χ0v) is 18.0. The normalized spacial score (nSPS) is 15.8. The molecular weight excluding hydrogens is 404 g/mol. The second-order valence-electron chi connectivity index (χ2n) is 7.68. The van der Waals surface area contributed by atoms with Gasteiger partial charge >= 0.3 is 5.97 Å². The van der Waals surface area contributed by atoms with Gasteiger partial charge in [0.1, 0.15) is 0 Å². The number of anilines is 2. The number of benzene rings is 2. The molecule has 2 aromatic carbocycles. The van der Waals surface area contributed by atoms with Gasteiger partial charge < -0.3 is 15.0 Å². The fourth-order valence-corrected chi connectivity index (χ4v) is 3.87. The van der Waals surface area contributed by atoms with Crippen LogP contribution < -0.4 is 10.2 Å². The lowest BCUT2D eigenvalue weighted by molar-refractivity contribution is -0.120. The maximum absolute atomic E-state index is 13.0. The summed E-state index contributed by atoms with van der Waals surface area (Å²) in [6.45, 7) is 3.41. The number of nitrogens with zero attached hydrogens (tertiary/aromatic N) is 3. The van der Waals surface area contributed by atoms with Gasteiger partial charge in [0.25, 0.3) is 0 Å². The van der Waals surface area contributed by atoms with Crippen LogP contribution in [0.2, 0.25) is 0 Å². The summed E-state index contributed by atoms with van der Waals surface area (Å²) in [7, 11) is 0. The molecule has 4 rings (SSSR count). The van der Waals surface area contributed by atoms with E-state index in [2.05, 4.69) is 20.4 Å². The summed E-state index contributed by atoms with van der Waals surface area (Å²) in [4.78, 5) is 27.3. The van der Waals surface area contributed by atoms with Crippen molar-refractivity contribution < 1.29 is 14.3 Å². The van der Waals surface area contributed by atoms with Crippen molar-refractivity contribution in [1.82, 2.24) is 10.2 Å². The molecule has 0 spiro atoms. The topological polar surface area (TPSA) is 84.4 Å². The van der Waals surface area contributed by atoms with Crippen molar-refractivity contribution >= 4 is 23.4 Å². The predicted octanol–water partition coefficient (Wildman–Crippen LogP) is 4.18. The van der Waals surface area contributed by atoms with Gasteiger partial charge in [0.2, 0.25) is 5.91 Å². The minimum atomic E-state index is -0.442. The van der Waals surface area contributed by atoms with Crippen molar-refractivity contribution in [2.75, 3.05) is 29.9 Å². The van der Waals surface area contributed by atoms with Crippen molar-refractivity contribution in [2.24, 2.45) is 5.92 Å². The Labute approximate surface area is 187 Å².